The molecular formula is C15H18N4O4. The maximum atomic E-state index is 11.7. The van der Waals surface area contributed by atoms with E-state index in [2.05, 4.69) is 15.5 Å². The highest BCUT2D eigenvalue weighted by Crippen LogP contribution is 2.17. The van der Waals surface area contributed by atoms with Crippen molar-refractivity contribution < 1.29 is 19.4 Å². The lowest BCUT2D eigenvalue weighted by molar-refractivity contribution is -0.143. The minimum atomic E-state index is -1.03. The quantitative estimate of drug-likeness (QED) is 0.846. The second-order valence-electron chi connectivity index (χ2n) is 5.26. The number of carbonyl (C=O) groups is 2. The van der Waals surface area contributed by atoms with Crippen molar-refractivity contribution in [2.24, 2.45) is 5.92 Å². The number of carboxylic acid groups (broad SMARTS) is 1. The van der Waals surface area contributed by atoms with E-state index in [-0.39, 0.29) is 18.3 Å². The first kappa shape index (κ1) is 16.5. The minimum absolute atomic E-state index is 0.130. The number of anilines is 1. The molecule has 2 aromatic rings. The van der Waals surface area contributed by atoms with Crippen LogP contribution in [0.1, 0.15) is 25.5 Å². The van der Waals surface area contributed by atoms with Gasteiger partial charge < -0.3 is 9.84 Å². The van der Waals surface area contributed by atoms with Crippen molar-refractivity contribution >= 4 is 17.9 Å². The highest BCUT2D eigenvalue weighted by molar-refractivity contribution is 5.83. The normalized spacial score (nSPS) is 12.0. The summed E-state index contributed by atoms with van der Waals surface area (Å²) in [4.78, 5) is 24.0. The van der Waals surface area contributed by atoms with Crippen LogP contribution in [0.15, 0.2) is 36.5 Å². The summed E-state index contributed by atoms with van der Waals surface area (Å²) in [5.74, 6) is -1.10. The molecule has 122 valence electrons. The summed E-state index contributed by atoms with van der Waals surface area (Å²) in [6.07, 6.45) is 0.597. The number of nitrogens with one attached hydrogen (secondary N) is 1. The van der Waals surface area contributed by atoms with Gasteiger partial charge in [-0.25, -0.2) is 9.59 Å². The number of carboxylic acids is 1. The fourth-order valence-corrected chi connectivity index (χ4v) is 1.98. The standard InChI is InChI=1S/C15H18N4O4/c1-10(2)13(14(20)21)19-16-8-12(18-19)17-15(22)23-9-11-6-4-3-5-7-11/h3-8,10,13H,9H2,1-2H3,(H,20,21)(H,17,18,22). The number of carbonyl (C=O) groups excluding carboxylic acids is 1. The lowest BCUT2D eigenvalue weighted by atomic mass is 10.1. The highest BCUT2D eigenvalue weighted by Gasteiger charge is 2.25. The first-order valence-electron chi connectivity index (χ1n) is 7.09. The van der Waals surface area contributed by atoms with Crippen LogP contribution in [0.3, 0.4) is 0 Å². The van der Waals surface area contributed by atoms with Gasteiger partial charge in [0.2, 0.25) is 0 Å². The molecule has 0 spiro atoms. The zero-order valence-corrected chi connectivity index (χ0v) is 12.8. The number of hydrogen-bond donors (Lipinski definition) is 2. The lowest BCUT2D eigenvalue weighted by Crippen LogP contribution is -2.26. The van der Waals surface area contributed by atoms with Gasteiger partial charge in [-0.05, 0) is 11.5 Å². The van der Waals surface area contributed by atoms with Gasteiger partial charge in [-0.1, -0.05) is 44.2 Å². The Hall–Kier alpha value is -2.90. The molecule has 0 aliphatic carbocycles. The van der Waals surface area contributed by atoms with E-state index in [1.54, 1.807) is 13.8 Å². The summed E-state index contributed by atoms with van der Waals surface area (Å²) in [5.41, 5.74) is 0.858. The van der Waals surface area contributed by atoms with E-state index in [1.807, 2.05) is 30.3 Å². The molecule has 8 heteroatoms. The minimum Gasteiger partial charge on any atom is -0.480 e. The van der Waals surface area contributed by atoms with Gasteiger partial charge >= 0.3 is 12.1 Å². The Morgan fingerprint density at radius 2 is 2.00 bits per heavy atom. The molecule has 0 aliphatic heterocycles. The number of amides is 1. The maximum absolute atomic E-state index is 11.7. The molecule has 1 aromatic carbocycles. The second kappa shape index (κ2) is 7.39. The third-order valence-corrected chi connectivity index (χ3v) is 3.08. The second-order valence-corrected chi connectivity index (χ2v) is 5.26. The monoisotopic (exact) mass is 318 g/mol. The largest absolute Gasteiger partial charge is 0.480 e. The number of hydrogen-bond acceptors (Lipinski definition) is 5. The lowest BCUT2D eigenvalue weighted by Gasteiger charge is -2.14. The van der Waals surface area contributed by atoms with Gasteiger partial charge in [0.1, 0.15) is 6.61 Å². The van der Waals surface area contributed by atoms with Crippen molar-refractivity contribution in [1.29, 1.82) is 0 Å². The van der Waals surface area contributed by atoms with Crippen molar-refractivity contribution in [3.63, 3.8) is 0 Å². The molecule has 2 rings (SSSR count). The van der Waals surface area contributed by atoms with Gasteiger partial charge in [0, 0.05) is 0 Å². The summed E-state index contributed by atoms with van der Waals surface area (Å²) in [5, 5.41) is 19.4. The molecule has 1 aromatic heterocycles. The molecule has 23 heavy (non-hydrogen) atoms. The smallest absolute Gasteiger partial charge is 0.413 e. The van der Waals surface area contributed by atoms with Gasteiger partial charge in [-0.2, -0.15) is 9.90 Å². The average molecular weight is 318 g/mol. The Balaban J connectivity index is 1.93. The molecule has 0 radical (unpaired) electrons. The number of aliphatic carboxylic acids is 1. The molecular weight excluding hydrogens is 300 g/mol. The van der Waals surface area contributed by atoms with Crippen LogP contribution in [-0.4, -0.2) is 32.2 Å². The van der Waals surface area contributed by atoms with Gasteiger partial charge in [0.15, 0.2) is 11.9 Å². The Morgan fingerprint density at radius 3 is 2.61 bits per heavy atom. The zero-order chi connectivity index (χ0) is 16.8. The van der Waals surface area contributed by atoms with Gasteiger partial charge in [-0.15, -0.1) is 5.10 Å². The number of ether oxygens (including phenoxy) is 1. The summed E-state index contributed by atoms with van der Waals surface area (Å²) in [6, 6.07) is 8.34. The van der Waals surface area contributed by atoms with Crippen molar-refractivity contribution in [2.45, 2.75) is 26.5 Å². The molecule has 0 fully saturated rings. The third-order valence-electron chi connectivity index (χ3n) is 3.08. The maximum Gasteiger partial charge on any atom is 0.413 e. The van der Waals surface area contributed by atoms with Crippen LogP contribution in [0.5, 0.6) is 0 Å². The predicted molar refractivity (Wildman–Crippen MR) is 81.8 cm³/mol. The topological polar surface area (TPSA) is 106 Å². The molecule has 2 N–H and O–H groups in total. The summed E-state index contributed by atoms with van der Waals surface area (Å²) >= 11 is 0. The molecule has 0 aliphatic rings. The summed E-state index contributed by atoms with van der Waals surface area (Å²) < 4.78 is 5.05. The highest BCUT2D eigenvalue weighted by atomic mass is 16.5. The van der Waals surface area contributed by atoms with Crippen LogP contribution < -0.4 is 5.32 Å². The number of benzene rings is 1. The van der Waals surface area contributed by atoms with Gasteiger partial charge in [-0.3, -0.25) is 5.32 Å². The summed E-state index contributed by atoms with van der Waals surface area (Å²) in [6.45, 7) is 3.64. The zero-order valence-electron chi connectivity index (χ0n) is 12.8. The molecule has 1 amide bonds. The van der Waals surface area contributed by atoms with Gasteiger partial charge in [0.05, 0.1) is 6.20 Å². The number of nitrogens with zero attached hydrogens (tertiary/aromatic N) is 3. The fraction of sp³-hybridized carbons (Fsp3) is 0.333. The van der Waals surface area contributed by atoms with Gasteiger partial charge in [0.25, 0.3) is 0 Å². The van der Waals surface area contributed by atoms with Crippen molar-refractivity contribution in [3.05, 3.63) is 42.1 Å². The van der Waals surface area contributed by atoms with Crippen molar-refractivity contribution in [1.82, 2.24) is 15.0 Å². The van der Waals surface area contributed by atoms with Crippen LogP contribution in [-0.2, 0) is 16.1 Å². The average Bonchev–Trinajstić information content (AvgIpc) is 2.93. The third kappa shape index (κ3) is 4.53. The molecule has 1 heterocycles. The van der Waals surface area contributed by atoms with E-state index in [1.165, 1.54) is 6.20 Å². The Bertz CT molecular complexity index is 669. The first-order valence-corrected chi connectivity index (χ1v) is 7.09. The number of aromatic nitrogens is 3. The molecule has 1 atom stereocenters. The summed E-state index contributed by atoms with van der Waals surface area (Å²) in [7, 11) is 0. The number of rotatable bonds is 6. The SMILES string of the molecule is CC(C)C(C(=O)O)n1ncc(NC(=O)OCc2ccccc2)n1. The van der Waals surface area contributed by atoms with E-state index >= 15 is 0 Å². The molecule has 1 unspecified atom stereocenters. The van der Waals surface area contributed by atoms with Crippen LogP contribution in [0.4, 0.5) is 10.6 Å². The van der Waals surface area contributed by atoms with Crippen LogP contribution in [0.25, 0.3) is 0 Å². The predicted octanol–water partition coefficient (Wildman–Crippen LogP) is 2.31. The van der Waals surface area contributed by atoms with Crippen molar-refractivity contribution in [2.75, 3.05) is 5.32 Å². The molecule has 0 saturated heterocycles. The molecule has 0 saturated carbocycles. The molecule has 8 nitrogen and oxygen atoms in total. The Labute approximate surface area is 133 Å². The van der Waals surface area contributed by atoms with E-state index in [4.69, 9.17) is 4.74 Å². The fourth-order valence-electron chi connectivity index (χ4n) is 1.98. The van der Waals surface area contributed by atoms with E-state index < -0.39 is 18.1 Å². The Morgan fingerprint density at radius 1 is 1.30 bits per heavy atom. The Kier molecular flexibility index (Phi) is 5.29. The van der Waals surface area contributed by atoms with Crippen LogP contribution in [0.2, 0.25) is 0 Å². The van der Waals surface area contributed by atoms with Crippen molar-refractivity contribution in [3.8, 4) is 0 Å². The van der Waals surface area contributed by atoms with Crippen LogP contribution >= 0.6 is 0 Å². The van der Waals surface area contributed by atoms with Crippen LogP contribution in [0, 0.1) is 5.92 Å². The van der Waals surface area contributed by atoms with E-state index in [0.29, 0.717) is 0 Å². The van der Waals surface area contributed by atoms with E-state index in [0.717, 1.165) is 10.4 Å². The molecule has 0 bridgehead atoms. The first-order chi connectivity index (χ1) is 11.0. The van der Waals surface area contributed by atoms with E-state index in [9.17, 15) is 14.7 Å².